The maximum absolute atomic E-state index is 12.0. The first kappa shape index (κ1) is 19.2. The van der Waals surface area contributed by atoms with E-state index in [1.165, 1.54) is 7.11 Å². The number of methoxy groups -OCH3 is 1. The van der Waals surface area contributed by atoms with Gasteiger partial charge in [-0.1, -0.05) is 0 Å². The van der Waals surface area contributed by atoms with Gasteiger partial charge < -0.3 is 24.8 Å². The van der Waals surface area contributed by atoms with E-state index in [0.29, 0.717) is 29.5 Å². The normalized spacial score (nSPS) is 12.5. The smallest absolute Gasteiger partial charge is 0.329 e. The van der Waals surface area contributed by atoms with Gasteiger partial charge in [0.25, 0.3) is 0 Å². The summed E-state index contributed by atoms with van der Waals surface area (Å²) in [5.41, 5.74) is 2.98. The van der Waals surface area contributed by atoms with Crippen LogP contribution in [0, 0.1) is 0 Å². The lowest BCUT2D eigenvalue weighted by Crippen LogP contribution is -2.39. The van der Waals surface area contributed by atoms with Crippen molar-refractivity contribution in [1.82, 2.24) is 10.7 Å². The van der Waals surface area contributed by atoms with Crippen LogP contribution in [0.1, 0.15) is 13.3 Å². The van der Waals surface area contributed by atoms with Crippen LogP contribution < -0.4 is 25.5 Å². The Hall–Kier alpha value is -3.14. The predicted molar refractivity (Wildman–Crippen MR) is 91.9 cm³/mol. The minimum atomic E-state index is -0.920. The number of benzene rings is 1. The first-order chi connectivity index (χ1) is 12.5. The van der Waals surface area contributed by atoms with Crippen molar-refractivity contribution in [2.75, 3.05) is 32.4 Å². The first-order valence-corrected chi connectivity index (χ1v) is 7.79. The van der Waals surface area contributed by atoms with E-state index in [0.717, 1.165) is 0 Å². The van der Waals surface area contributed by atoms with Crippen molar-refractivity contribution in [3.05, 3.63) is 18.2 Å². The summed E-state index contributed by atoms with van der Waals surface area (Å²) in [6.45, 7) is 2.21. The van der Waals surface area contributed by atoms with Gasteiger partial charge in [0.05, 0.1) is 13.0 Å². The SMILES string of the molecule is COCCNC(=O)C(=O)N/N=C(\C)CC(=O)Nc1ccc2c(c1)OCO2. The lowest BCUT2D eigenvalue weighted by molar-refractivity contribution is -0.139. The third-order valence-corrected chi connectivity index (χ3v) is 3.22. The second-order valence-corrected chi connectivity index (χ2v) is 5.33. The number of nitrogens with zero attached hydrogens (tertiary/aromatic N) is 1. The zero-order valence-electron chi connectivity index (χ0n) is 14.5. The minimum Gasteiger partial charge on any atom is -0.454 e. The summed E-state index contributed by atoms with van der Waals surface area (Å²) in [4.78, 5) is 35.0. The highest BCUT2D eigenvalue weighted by molar-refractivity contribution is 6.35. The maximum atomic E-state index is 12.0. The van der Waals surface area contributed by atoms with Crippen LogP contribution in [0.2, 0.25) is 0 Å². The van der Waals surface area contributed by atoms with Crippen LogP contribution in [0.15, 0.2) is 23.3 Å². The Labute approximate surface area is 149 Å². The van der Waals surface area contributed by atoms with E-state index in [-0.39, 0.29) is 25.7 Å². The van der Waals surface area contributed by atoms with Crippen LogP contribution in [0.5, 0.6) is 11.5 Å². The summed E-state index contributed by atoms with van der Waals surface area (Å²) in [6, 6.07) is 5.03. The molecule has 3 amide bonds. The third-order valence-electron chi connectivity index (χ3n) is 3.22. The van der Waals surface area contributed by atoms with Crippen molar-refractivity contribution in [2.45, 2.75) is 13.3 Å². The number of amides is 3. The average molecular weight is 364 g/mol. The Morgan fingerprint density at radius 2 is 1.96 bits per heavy atom. The van der Waals surface area contributed by atoms with Crippen LogP contribution in [0.25, 0.3) is 0 Å². The molecular formula is C16H20N4O6. The second-order valence-electron chi connectivity index (χ2n) is 5.33. The quantitative estimate of drug-likeness (QED) is 0.270. The van der Waals surface area contributed by atoms with Crippen molar-refractivity contribution in [3.63, 3.8) is 0 Å². The van der Waals surface area contributed by atoms with Crippen LogP contribution in [0.4, 0.5) is 5.69 Å². The Morgan fingerprint density at radius 1 is 1.19 bits per heavy atom. The Balaban J connectivity index is 1.78. The number of hydrazone groups is 1. The number of fused-ring (bicyclic) bond motifs is 1. The number of carbonyl (C=O) groups is 3. The van der Waals surface area contributed by atoms with Crippen molar-refractivity contribution in [2.24, 2.45) is 5.10 Å². The van der Waals surface area contributed by atoms with Gasteiger partial charge in [-0.2, -0.15) is 5.10 Å². The molecule has 0 saturated carbocycles. The van der Waals surface area contributed by atoms with Crippen LogP contribution in [-0.2, 0) is 19.1 Å². The molecule has 0 fully saturated rings. The molecule has 0 bridgehead atoms. The summed E-state index contributed by atoms with van der Waals surface area (Å²) >= 11 is 0. The molecule has 26 heavy (non-hydrogen) atoms. The van der Waals surface area contributed by atoms with Gasteiger partial charge in [-0.25, -0.2) is 5.43 Å². The standard InChI is InChI=1S/C16H20N4O6/c1-10(19-20-16(23)15(22)17-5-6-24-2)7-14(21)18-11-3-4-12-13(8-11)26-9-25-12/h3-4,8H,5-7,9H2,1-2H3,(H,17,22)(H,18,21)(H,20,23)/b19-10+. The number of rotatable bonds is 7. The number of nitrogens with one attached hydrogen (secondary N) is 3. The van der Waals surface area contributed by atoms with E-state index in [9.17, 15) is 14.4 Å². The van der Waals surface area contributed by atoms with Gasteiger partial charge in [0.2, 0.25) is 12.7 Å². The molecule has 1 aliphatic heterocycles. The van der Waals surface area contributed by atoms with Crippen molar-refractivity contribution in [1.29, 1.82) is 0 Å². The molecular weight excluding hydrogens is 344 g/mol. The summed E-state index contributed by atoms with van der Waals surface area (Å²) < 4.78 is 15.2. The lowest BCUT2D eigenvalue weighted by atomic mass is 10.2. The summed E-state index contributed by atoms with van der Waals surface area (Å²) in [5.74, 6) is -0.906. The van der Waals surface area contributed by atoms with E-state index >= 15 is 0 Å². The highest BCUT2D eigenvalue weighted by Crippen LogP contribution is 2.34. The van der Waals surface area contributed by atoms with E-state index in [1.54, 1.807) is 25.1 Å². The van der Waals surface area contributed by atoms with Crippen molar-refractivity contribution >= 4 is 29.1 Å². The average Bonchev–Trinajstić information content (AvgIpc) is 3.07. The van der Waals surface area contributed by atoms with Crippen LogP contribution in [0.3, 0.4) is 0 Å². The first-order valence-electron chi connectivity index (χ1n) is 7.79. The highest BCUT2D eigenvalue weighted by Gasteiger charge is 2.15. The van der Waals surface area contributed by atoms with Crippen LogP contribution in [-0.4, -0.2) is 50.5 Å². The van der Waals surface area contributed by atoms with Gasteiger partial charge in [-0.15, -0.1) is 0 Å². The molecule has 140 valence electrons. The minimum absolute atomic E-state index is 0.0555. The fourth-order valence-corrected chi connectivity index (χ4v) is 2.00. The molecule has 0 radical (unpaired) electrons. The number of carbonyl (C=O) groups excluding carboxylic acids is 3. The van der Waals surface area contributed by atoms with E-state index < -0.39 is 11.8 Å². The number of ether oxygens (including phenoxy) is 3. The zero-order chi connectivity index (χ0) is 18.9. The molecule has 2 rings (SSSR count). The number of hydrogen-bond donors (Lipinski definition) is 3. The molecule has 0 aliphatic carbocycles. The van der Waals surface area contributed by atoms with Gasteiger partial charge in [-0.3, -0.25) is 14.4 Å². The third kappa shape index (κ3) is 5.74. The molecule has 0 aromatic heterocycles. The van der Waals surface area contributed by atoms with Crippen molar-refractivity contribution < 1.29 is 28.6 Å². The Kier molecular flexibility index (Phi) is 6.92. The molecule has 1 aromatic carbocycles. The van der Waals surface area contributed by atoms with E-state index in [1.807, 2.05) is 0 Å². The van der Waals surface area contributed by atoms with Gasteiger partial charge in [-0.05, 0) is 19.1 Å². The molecule has 3 N–H and O–H groups in total. The molecule has 1 aliphatic rings. The van der Waals surface area contributed by atoms with Gasteiger partial charge in [0.1, 0.15) is 0 Å². The molecule has 0 atom stereocenters. The summed E-state index contributed by atoms with van der Waals surface area (Å²) in [5, 5.41) is 8.77. The number of hydrogen-bond acceptors (Lipinski definition) is 7. The molecule has 10 nitrogen and oxygen atoms in total. The Morgan fingerprint density at radius 3 is 2.73 bits per heavy atom. The van der Waals surface area contributed by atoms with Gasteiger partial charge in [0, 0.05) is 31.1 Å². The molecule has 0 saturated heterocycles. The fourth-order valence-electron chi connectivity index (χ4n) is 2.00. The Bertz CT molecular complexity index is 719. The monoisotopic (exact) mass is 364 g/mol. The maximum Gasteiger partial charge on any atom is 0.329 e. The second kappa shape index (κ2) is 9.37. The summed E-state index contributed by atoms with van der Waals surface area (Å²) in [6.07, 6.45) is -0.0555. The van der Waals surface area contributed by atoms with Gasteiger partial charge >= 0.3 is 11.8 Å². The molecule has 10 heteroatoms. The largest absolute Gasteiger partial charge is 0.454 e. The molecule has 0 unspecified atom stereocenters. The zero-order valence-corrected chi connectivity index (χ0v) is 14.5. The predicted octanol–water partition coefficient (Wildman–Crippen LogP) is -0.00140. The lowest BCUT2D eigenvalue weighted by Gasteiger charge is -2.06. The highest BCUT2D eigenvalue weighted by atomic mass is 16.7. The van der Waals surface area contributed by atoms with Gasteiger partial charge in [0.15, 0.2) is 11.5 Å². The fraction of sp³-hybridized carbons (Fsp3) is 0.375. The van der Waals surface area contributed by atoms with E-state index in [2.05, 4.69) is 21.2 Å². The molecule has 1 aromatic rings. The van der Waals surface area contributed by atoms with Crippen LogP contribution >= 0.6 is 0 Å². The van der Waals surface area contributed by atoms with Crippen molar-refractivity contribution in [3.8, 4) is 11.5 Å². The topological polar surface area (TPSA) is 127 Å². The molecule has 1 heterocycles. The summed E-state index contributed by atoms with van der Waals surface area (Å²) in [7, 11) is 1.48. The molecule has 0 spiro atoms. The number of anilines is 1. The van der Waals surface area contributed by atoms with E-state index in [4.69, 9.17) is 14.2 Å².